The SMILES string of the molecule is O=C(CN(CCc1ccccc1)S(=O)(=O)c1ccc(Br)cc1)NC1CCCCCC1. The molecule has 0 aromatic heterocycles. The number of amides is 1. The van der Waals surface area contributed by atoms with E-state index in [9.17, 15) is 13.2 Å². The van der Waals surface area contributed by atoms with Gasteiger partial charge in [-0.3, -0.25) is 4.79 Å². The van der Waals surface area contributed by atoms with Crippen molar-refractivity contribution in [2.75, 3.05) is 13.1 Å². The lowest BCUT2D eigenvalue weighted by molar-refractivity contribution is -0.122. The first-order valence-corrected chi connectivity index (χ1v) is 12.8. The third-order valence-corrected chi connectivity index (χ3v) is 7.87. The molecular weight excluding hydrogens is 464 g/mol. The van der Waals surface area contributed by atoms with Crippen molar-refractivity contribution >= 4 is 31.9 Å². The number of carbonyl (C=O) groups excluding carboxylic acids is 1. The molecule has 2 aromatic carbocycles. The Morgan fingerprint density at radius 1 is 0.967 bits per heavy atom. The van der Waals surface area contributed by atoms with E-state index in [0.717, 1.165) is 35.7 Å². The molecule has 1 aliphatic carbocycles. The normalized spacial score (nSPS) is 15.7. The van der Waals surface area contributed by atoms with Gasteiger partial charge in [0.25, 0.3) is 0 Å². The molecule has 162 valence electrons. The van der Waals surface area contributed by atoms with Crippen LogP contribution in [0, 0.1) is 0 Å². The zero-order valence-electron chi connectivity index (χ0n) is 17.1. The highest BCUT2D eigenvalue weighted by Gasteiger charge is 2.27. The van der Waals surface area contributed by atoms with Crippen molar-refractivity contribution in [2.24, 2.45) is 0 Å². The highest BCUT2D eigenvalue weighted by atomic mass is 79.9. The van der Waals surface area contributed by atoms with Crippen LogP contribution in [0.1, 0.15) is 44.1 Å². The maximum Gasteiger partial charge on any atom is 0.243 e. The van der Waals surface area contributed by atoms with Gasteiger partial charge in [-0.05, 0) is 49.1 Å². The second-order valence-electron chi connectivity index (χ2n) is 7.78. The minimum atomic E-state index is -3.78. The Morgan fingerprint density at radius 3 is 2.23 bits per heavy atom. The summed E-state index contributed by atoms with van der Waals surface area (Å²) < 4.78 is 28.7. The van der Waals surface area contributed by atoms with Gasteiger partial charge in [-0.25, -0.2) is 8.42 Å². The number of nitrogens with one attached hydrogen (secondary N) is 1. The van der Waals surface area contributed by atoms with Gasteiger partial charge in [0.05, 0.1) is 11.4 Å². The predicted octanol–water partition coefficient (Wildman–Crippen LogP) is 4.52. The first-order valence-electron chi connectivity index (χ1n) is 10.5. The van der Waals surface area contributed by atoms with Crippen LogP contribution in [0.25, 0.3) is 0 Å². The molecule has 3 rings (SSSR count). The average molecular weight is 493 g/mol. The summed E-state index contributed by atoms with van der Waals surface area (Å²) in [6.45, 7) is 0.0855. The van der Waals surface area contributed by atoms with Gasteiger partial charge in [-0.2, -0.15) is 4.31 Å². The maximum absolute atomic E-state index is 13.3. The highest BCUT2D eigenvalue weighted by Crippen LogP contribution is 2.20. The average Bonchev–Trinajstić information content (AvgIpc) is 3.00. The standard InChI is InChI=1S/C23H29BrN2O3S/c24-20-12-14-22(15-13-20)30(28,29)26(17-16-19-8-4-3-5-9-19)18-23(27)25-21-10-6-1-2-7-11-21/h3-5,8-9,12-15,21H,1-2,6-7,10-11,16-18H2,(H,25,27). The summed E-state index contributed by atoms with van der Waals surface area (Å²) >= 11 is 3.34. The van der Waals surface area contributed by atoms with E-state index in [-0.39, 0.29) is 29.9 Å². The molecule has 0 atom stereocenters. The van der Waals surface area contributed by atoms with Crippen molar-refractivity contribution in [2.45, 2.75) is 55.9 Å². The van der Waals surface area contributed by atoms with Gasteiger partial charge >= 0.3 is 0 Å². The predicted molar refractivity (Wildman–Crippen MR) is 123 cm³/mol. The van der Waals surface area contributed by atoms with Crippen LogP contribution < -0.4 is 5.32 Å². The van der Waals surface area contributed by atoms with E-state index < -0.39 is 10.0 Å². The summed E-state index contributed by atoms with van der Waals surface area (Å²) in [7, 11) is -3.78. The van der Waals surface area contributed by atoms with Crippen molar-refractivity contribution in [1.82, 2.24) is 9.62 Å². The summed E-state index contributed by atoms with van der Waals surface area (Å²) in [5, 5.41) is 3.07. The van der Waals surface area contributed by atoms with Crippen LogP contribution in [0.2, 0.25) is 0 Å². The van der Waals surface area contributed by atoms with Crippen LogP contribution in [-0.4, -0.2) is 37.8 Å². The van der Waals surface area contributed by atoms with Gasteiger partial charge in [0.15, 0.2) is 0 Å². The van der Waals surface area contributed by atoms with E-state index in [1.807, 2.05) is 30.3 Å². The molecule has 0 radical (unpaired) electrons. The number of halogens is 1. The molecule has 5 nitrogen and oxygen atoms in total. The molecule has 1 fully saturated rings. The topological polar surface area (TPSA) is 66.5 Å². The minimum absolute atomic E-state index is 0.145. The lowest BCUT2D eigenvalue weighted by atomic mass is 10.1. The Kier molecular flexibility index (Phi) is 8.48. The second kappa shape index (κ2) is 11.1. The smallest absolute Gasteiger partial charge is 0.243 e. The number of hydrogen-bond acceptors (Lipinski definition) is 3. The minimum Gasteiger partial charge on any atom is -0.352 e. The lowest BCUT2D eigenvalue weighted by Gasteiger charge is -2.24. The van der Waals surface area contributed by atoms with Gasteiger partial charge in [-0.15, -0.1) is 0 Å². The van der Waals surface area contributed by atoms with Crippen LogP contribution in [0.4, 0.5) is 0 Å². The van der Waals surface area contributed by atoms with E-state index in [1.54, 1.807) is 24.3 Å². The molecular formula is C23H29BrN2O3S. The van der Waals surface area contributed by atoms with Crippen molar-refractivity contribution in [3.63, 3.8) is 0 Å². The third-order valence-electron chi connectivity index (χ3n) is 5.48. The van der Waals surface area contributed by atoms with Gasteiger partial charge < -0.3 is 5.32 Å². The molecule has 2 aromatic rings. The Hall–Kier alpha value is -1.70. The van der Waals surface area contributed by atoms with E-state index in [2.05, 4.69) is 21.2 Å². The maximum atomic E-state index is 13.3. The van der Waals surface area contributed by atoms with Crippen molar-refractivity contribution < 1.29 is 13.2 Å². The monoisotopic (exact) mass is 492 g/mol. The molecule has 0 spiro atoms. The number of rotatable bonds is 8. The summed E-state index contributed by atoms with van der Waals surface area (Å²) in [6.07, 6.45) is 7.11. The molecule has 7 heteroatoms. The third kappa shape index (κ3) is 6.65. The zero-order valence-corrected chi connectivity index (χ0v) is 19.5. The quantitative estimate of drug-likeness (QED) is 0.550. The lowest BCUT2D eigenvalue weighted by Crippen LogP contribution is -2.44. The van der Waals surface area contributed by atoms with Gasteiger partial charge in [0.1, 0.15) is 0 Å². The van der Waals surface area contributed by atoms with Crippen molar-refractivity contribution in [3.05, 3.63) is 64.6 Å². The van der Waals surface area contributed by atoms with Crippen LogP contribution in [-0.2, 0) is 21.2 Å². The molecule has 1 N–H and O–H groups in total. The van der Waals surface area contributed by atoms with Crippen LogP contribution in [0.15, 0.2) is 64.0 Å². The largest absolute Gasteiger partial charge is 0.352 e. The molecule has 0 bridgehead atoms. The number of hydrogen-bond donors (Lipinski definition) is 1. The van der Waals surface area contributed by atoms with Crippen LogP contribution in [0.3, 0.4) is 0 Å². The highest BCUT2D eigenvalue weighted by molar-refractivity contribution is 9.10. The Bertz CT molecular complexity index is 909. The van der Waals surface area contributed by atoms with Gasteiger partial charge in [-0.1, -0.05) is 71.9 Å². The van der Waals surface area contributed by atoms with Crippen LogP contribution >= 0.6 is 15.9 Å². The Morgan fingerprint density at radius 2 is 1.60 bits per heavy atom. The fourth-order valence-corrected chi connectivity index (χ4v) is 5.46. The van der Waals surface area contributed by atoms with Gasteiger partial charge in [0, 0.05) is 17.1 Å². The fourth-order valence-electron chi connectivity index (χ4n) is 3.80. The Balaban J connectivity index is 1.74. The van der Waals surface area contributed by atoms with E-state index >= 15 is 0 Å². The molecule has 1 amide bonds. The van der Waals surface area contributed by atoms with Crippen molar-refractivity contribution in [3.8, 4) is 0 Å². The second-order valence-corrected chi connectivity index (χ2v) is 10.6. The number of benzene rings is 2. The van der Waals surface area contributed by atoms with E-state index in [0.29, 0.717) is 6.42 Å². The molecule has 0 unspecified atom stereocenters. The number of carbonyl (C=O) groups is 1. The van der Waals surface area contributed by atoms with Gasteiger partial charge in [0.2, 0.25) is 15.9 Å². The van der Waals surface area contributed by atoms with E-state index in [4.69, 9.17) is 0 Å². The molecule has 1 aliphatic rings. The Labute approximate surface area is 188 Å². The zero-order chi connectivity index (χ0) is 21.4. The summed E-state index contributed by atoms with van der Waals surface area (Å²) in [4.78, 5) is 12.9. The molecule has 0 aliphatic heterocycles. The summed E-state index contributed by atoms with van der Waals surface area (Å²) in [6, 6.07) is 16.4. The summed E-state index contributed by atoms with van der Waals surface area (Å²) in [5.41, 5.74) is 1.04. The molecule has 1 saturated carbocycles. The van der Waals surface area contributed by atoms with Crippen LogP contribution in [0.5, 0.6) is 0 Å². The molecule has 0 saturated heterocycles. The van der Waals surface area contributed by atoms with Crippen molar-refractivity contribution in [1.29, 1.82) is 0 Å². The molecule has 30 heavy (non-hydrogen) atoms. The van der Waals surface area contributed by atoms with E-state index in [1.165, 1.54) is 17.1 Å². The number of sulfonamides is 1. The first kappa shape index (κ1) is 23.0. The fraction of sp³-hybridized carbons (Fsp3) is 0.435. The molecule has 0 heterocycles. The summed E-state index contributed by atoms with van der Waals surface area (Å²) in [5.74, 6) is -0.226. The first-order chi connectivity index (χ1) is 14.4. The number of nitrogens with zero attached hydrogens (tertiary/aromatic N) is 1.